The van der Waals surface area contributed by atoms with Crippen molar-refractivity contribution in [2.45, 2.75) is 56.5 Å². The molecule has 144 valence electrons. The number of hydrogen-bond donors (Lipinski definition) is 2. The molecule has 0 spiro atoms. The Morgan fingerprint density at radius 3 is 2.56 bits per heavy atom. The van der Waals surface area contributed by atoms with E-state index in [9.17, 15) is 13.2 Å². The van der Waals surface area contributed by atoms with Crippen LogP contribution in [0, 0.1) is 0 Å². The van der Waals surface area contributed by atoms with Crippen molar-refractivity contribution in [2.75, 3.05) is 0 Å². The molecule has 0 bridgehead atoms. The van der Waals surface area contributed by atoms with Crippen LogP contribution in [0.1, 0.15) is 61.1 Å². The van der Waals surface area contributed by atoms with Crippen molar-refractivity contribution < 1.29 is 13.2 Å². The molecule has 0 fully saturated rings. The van der Waals surface area contributed by atoms with Crippen LogP contribution >= 0.6 is 0 Å². The number of aryl methyl sites for hydroxylation is 1. The number of sulfonamides is 1. The molecule has 0 heterocycles. The van der Waals surface area contributed by atoms with Crippen molar-refractivity contribution in [1.82, 2.24) is 10.0 Å². The lowest BCUT2D eigenvalue weighted by Crippen LogP contribution is -2.40. The summed E-state index contributed by atoms with van der Waals surface area (Å²) in [5, 5.41) is 3.06. The molecule has 0 saturated heterocycles. The zero-order valence-corrected chi connectivity index (χ0v) is 16.8. The summed E-state index contributed by atoms with van der Waals surface area (Å²) in [6, 6.07) is 14.3. The van der Waals surface area contributed by atoms with Gasteiger partial charge >= 0.3 is 0 Å². The van der Waals surface area contributed by atoms with Gasteiger partial charge in [0.05, 0.1) is 10.9 Å². The Morgan fingerprint density at radius 1 is 1.07 bits per heavy atom. The van der Waals surface area contributed by atoms with Crippen LogP contribution in [0.25, 0.3) is 0 Å². The van der Waals surface area contributed by atoms with Gasteiger partial charge in [-0.1, -0.05) is 30.3 Å². The highest BCUT2D eigenvalue weighted by Crippen LogP contribution is 2.29. The Bertz CT molecular complexity index is 946. The van der Waals surface area contributed by atoms with Crippen LogP contribution in [-0.4, -0.2) is 19.9 Å². The molecule has 6 heteroatoms. The fraction of sp³-hybridized carbons (Fsp3) is 0.381. The number of hydrogen-bond acceptors (Lipinski definition) is 3. The molecule has 1 aliphatic carbocycles. The van der Waals surface area contributed by atoms with Crippen LogP contribution in [0.2, 0.25) is 0 Å². The van der Waals surface area contributed by atoms with Crippen molar-refractivity contribution in [2.24, 2.45) is 0 Å². The smallest absolute Gasteiger partial charge is 0.251 e. The Kier molecular flexibility index (Phi) is 5.40. The molecule has 2 N–H and O–H groups in total. The minimum Gasteiger partial charge on any atom is -0.345 e. The monoisotopic (exact) mass is 386 g/mol. The molecule has 2 aromatic carbocycles. The predicted molar refractivity (Wildman–Crippen MR) is 106 cm³/mol. The van der Waals surface area contributed by atoms with E-state index in [-0.39, 0.29) is 16.8 Å². The van der Waals surface area contributed by atoms with E-state index in [1.807, 2.05) is 18.2 Å². The number of amides is 1. The average molecular weight is 387 g/mol. The van der Waals surface area contributed by atoms with Gasteiger partial charge in [0.2, 0.25) is 10.0 Å². The Labute approximate surface area is 161 Å². The Morgan fingerprint density at radius 2 is 1.81 bits per heavy atom. The topological polar surface area (TPSA) is 75.3 Å². The van der Waals surface area contributed by atoms with Gasteiger partial charge in [-0.2, -0.15) is 0 Å². The fourth-order valence-corrected chi connectivity index (χ4v) is 4.88. The van der Waals surface area contributed by atoms with E-state index in [2.05, 4.69) is 16.1 Å². The standard InChI is InChI=1S/C21H26N2O3S/c1-21(2,3)23-27(25,26)17-11-6-10-16(14-17)20(24)22-19-13-7-9-15-8-4-5-12-18(15)19/h4-6,8,10-12,14,19,23H,7,9,13H2,1-3H3,(H,22,24)/t19-/m1/s1. The second-order valence-corrected chi connectivity index (χ2v) is 9.68. The highest BCUT2D eigenvalue weighted by molar-refractivity contribution is 7.89. The number of carbonyl (C=O) groups excluding carboxylic acids is 1. The number of nitrogens with one attached hydrogen (secondary N) is 2. The van der Waals surface area contributed by atoms with Gasteiger partial charge in [0.1, 0.15) is 0 Å². The summed E-state index contributed by atoms with van der Waals surface area (Å²) in [4.78, 5) is 12.9. The molecule has 1 aliphatic rings. The lowest BCUT2D eigenvalue weighted by atomic mass is 9.87. The van der Waals surface area contributed by atoms with E-state index < -0.39 is 15.6 Å². The normalized spacial score (nSPS) is 17.2. The van der Waals surface area contributed by atoms with Crippen LogP contribution in [0.5, 0.6) is 0 Å². The van der Waals surface area contributed by atoms with Gasteiger partial charge in [-0.15, -0.1) is 0 Å². The van der Waals surface area contributed by atoms with E-state index in [1.165, 1.54) is 17.7 Å². The summed E-state index contributed by atoms with van der Waals surface area (Å²) < 4.78 is 27.7. The SMILES string of the molecule is CC(C)(C)NS(=O)(=O)c1cccc(C(=O)N[C@@H]2CCCc3ccccc32)c1. The molecular weight excluding hydrogens is 360 g/mol. The third-order valence-corrected chi connectivity index (χ3v) is 6.28. The summed E-state index contributed by atoms with van der Waals surface area (Å²) >= 11 is 0. The van der Waals surface area contributed by atoms with Gasteiger partial charge in [0, 0.05) is 11.1 Å². The lowest BCUT2D eigenvalue weighted by Gasteiger charge is -2.26. The average Bonchev–Trinajstić information content (AvgIpc) is 2.60. The molecule has 5 nitrogen and oxygen atoms in total. The summed E-state index contributed by atoms with van der Waals surface area (Å²) in [5.74, 6) is -0.260. The number of benzene rings is 2. The molecule has 2 aromatic rings. The van der Waals surface area contributed by atoms with Crippen molar-refractivity contribution >= 4 is 15.9 Å². The van der Waals surface area contributed by atoms with Gasteiger partial charge in [0.15, 0.2) is 0 Å². The third kappa shape index (κ3) is 4.76. The first-order valence-electron chi connectivity index (χ1n) is 9.18. The molecule has 0 aromatic heterocycles. The van der Waals surface area contributed by atoms with Gasteiger partial charge in [-0.3, -0.25) is 4.79 Å². The van der Waals surface area contributed by atoms with E-state index in [4.69, 9.17) is 0 Å². The van der Waals surface area contributed by atoms with E-state index >= 15 is 0 Å². The van der Waals surface area contributed by atoms with Crippen LogP contribution < -0.4 is 10.0 Å². The Balaban J connectivity index is 1.81. The maximum atomic E-state index is 12.8. The second-order valence-electron chi connectivity index (χ2n) is 8.00. The minimum absolute atomic E-state index is 0.0459. The highest BCUT2D eigenvalue weighted by atomic mass is 32.2. The summed E-state index contributed by atoms with van der Waals surface area (Å²) in [6.45, 7) is 5.34. The molecule has 0 aliphatic heterocycles. The summed E-state index contributed by atoms with van der Waals surface area (Å²) in [7, 11) is -3.69. The molecular formula is C21H26N2O3S. The Hall–Kier alpha value is -2.18. The number of carbonyl (C=O) groups is 1. The lowest BCUT2D eigenvalue weighted by molar-refractivity contribution is 0.0932. The molecule has 3 rings (SSSR count). The van der Waals surface area contributed by atoms with Crippen molar-refractivity contribution in [3.63, 3.8) is 0 Å². The number of fused-ring (bicyclic) bond motifs is 1. The minimum atomic E-state index is -3.69. The zero-order chi connectivity index (χ0) is 19.7. The first kappa shape index (κ1) is 19.6. The van der Waals surface area contributed by atoms with Crippen molar-refractivity contribution in [1.29, 1.82) is 0 Å². The molecule has 0 radical (unpaired) electrons. The van der Waals surface area contributed by atoms with Crippen molar-refractivity contribution in [3.05, 3.63) is 65.2 Å². The van der Waals surface area contributed by atoms with E-state index in [0.29, 0.717) is 5.56 Å². The molecule has 0 unspecified atom stereocenters. The van der Waals surface area contributed by atoms with E-state index in [1.54, 1.807) is 32.9 Å². The maximum Gasteiger partial charge on any atom is 0.251 e. The first-order valence-corrected chi connectivity index (χ1v) is 10.7. The fourth-order valence-electron chi connectivity index (χ4n) is 3.41. The molecule has 27 heavy (non-hydrogen) atoms. The van der Waals surface area contributed by atoms with Gasteiger partial charge in [-0.25, -0.2) is 13.1 Å². The van der Waals surface area contributed by atoms with Crippen LogP contribution in [0.3, 0.4) is 0 Å². The van der Waals surface area contributed by atoms with E-state index in [0.717, 1.165) is 24.8 Å². The second kappa shape index (κ2) is 7.44. The quantitative estimate of drug-likeness (QED) is 0.843. The largest absolute Gasteiger partial charge is 0.345 e. The van der Waals surface area contributed by atoms with Crippen LogP contribution in [-0.2, 0) is 16.4 Å². The maximum absolute atomic E-state index is 12.8. The summed E-state index contributed by atoms with van der Waals surface area (Å²) in [6.07, 6.45) is 2.92. The first-order chi connectivity index (χ1) is 12.7. The molecule has 0 saturated carbocycles. The van der Waals surface area contributed by atoms with Crippen molar-refractivity contribution in [3.8, 4) is 0 Å². The van der Waals surface area contributed by atoms with Crippen LogP contribution in [0.4, 0.5) is 0 Å². The van der Waals surface area contributed by atoms with Gasteiger partial charge < -0.3 is 5.32 Å². The molecule has 1 amide bonds. The zero-order valence-electron chi connectivity index (χ0n) is 16.0. The van der Waals surface area contributed by atoms with Gasteiger partial charge in [-0.05, 0) is 69.4 Å². The predicted octanol–water partition coefficient (Wildman–Crippen LogP) is 3.57. The summed E-state index contributed by atoms with van der Waals surface area (Å²) in [5.41, 5.74) is 2.16. The number of rotatable bonds is 4. The van der Waals surface area contributed by atoms with Gasteiger partial charge in [0.25, 0.3) is 5.91 Å². The molecule has 1 atom stereocenters. The van der Waals surface area contributed by atoms with Crippen LogP contribution in [0.15, 0.2) is 53.4 Å². The third-order valence-electron chi connectivity index (χ3n) is 4.52. The highest BCUT2D eigenvalue weighted by Gasteiger charge is 2.24.